The van der Waals surface area contributed by atoms with Gasteiger partial charge in [0.2, 0.25) is 5.91 Å². The molecule has 0 aromatic heterocycles. The Balaban J connectivity index is 2.17. The molecule has 11 atom stereocenters. The molecule has 2 aliphatic rings. The molecule has 10 N–H and O–H groups in total. The third kappa shape index (κ3) is 5.52. The van der Waals surface area contributed by atoms with Gasteiger partial charge in [-0.1, -0.05) is 0 Å². The van der Waals surface area contributed by atoms with Gasteiger partial charge in [0.05, 0.1) is 19.3 Å². The first-order valence-corrected chi connectivity index (χ1v) is 9.69. The Hall–Kier alpha value is -1.50. The summed E-state index contributed by atoms with van der Waals surface area (Å²) in [4.78, 5) is 23.1. The van der Waals surface area contributed by atoms with E-state index < -0.39 is 98.5 Å². The number of aliphatic hydroxyl groups excluding tert-OH is 8. The van der Waals surface area contributed by atoms with Crippen molar-refractivity contribution in [2.24, 2.45) is 0 Å². The molecule has 1 amide bonds. The number of carbonyl (C=O) groups is 2. The highest BCUT2D eigenvalue weighted by Crippen LogP contribution is 2.34. The SMILES string of the molecule is CC(=O)N[C@@H]1[C@@H](O)[C@@H](O)[C@@H](CO[C@]2(C(=O)O)C[C@H](O)[C@@H](O)[C@H]([C@H](O)[C@H](O)CO)O2)O[C@@H]1O. The van der Waals surface area contributed by atoms with Crippen LogP contribution in [-0.2, 0) is 23.8 Å². The van der Waals surface area contributed by atoms with E-state index in [0.717, 1.165) is 6.92 Å². The number of hydrogen-bond acceptors (Lipinski definition) is 13. The Kier molecular flexibility index (Phi) is 8.88. The Bertz CT molecular complexity index is 665. The van der Waals surface area contributed by atoms with Crippen LogP contribution in [0.1, 0.15) is 13.3 Å². The van der Waals surface area contributed by atoms with Crippen molar-refractivity contribution in [3.63, 3.8) is 0 Å². The lowest BCUT2D eigenvalue weighted by Crippen LogP contribution is -2.66. The van der Waals surface area contributed by atoms with E-state index in [1.807, 2.05) is 0 Å². The molecule has 15 heteroatoms. The van der Waals surface area contributed by atoms with Crippen LogP contribution < -0.4 is 5.32 Å². The van der Waals surface area contributed by atoms with Crippen LogP contribution in [-0.4, -0.2) is 138 Å². The number of hydrogen-bond donors (Lipinski definition) is 10. The van der Waals surface area contributed by atoms with Crippen LogP contribution >= 0.6 is 0 Å². The zero-order chi connectivity index (χ0) is 24.4. The highest BCUT2D eigenvalue weighted by atomic mass is 16.7. The van der Waals surface area contributed by atoms with Gasteiger partial charge in [0.15, 0.2) is 6.29 Å². The van der Waals surface area contributed by atoms with Crippen LogP contribution in [0, 0.1) is 0 Å². The number of aliphatic carboxylic acids is 1. The van der Waals surface area contributed by atoms with Gasteiger partial charge < -0.3 is 65.5 Å². The van der Waals surface area contributed by atoms with Gasteiger partial charge in [-0.25, -0.2) is 4.79 Å². The molecular weight excluding hydrogens is 442 g/mol. The lowest BCUT2D eigenvalue weighted by Gasteiger charge is -2.46. The van der Waals surface area contributed by atoms with Crippen LogP contribution in [0.3, 0.4) is 0 Å². The van der Waals surface area contributed by atoms with Crippen molar-refractivity contribution < 1.29 is 69.8 Å². The Morgan fingerprint density at radius 2 is 1.75 bits per heavy atom. The summed E-state index contributed by atoms with van der Waals surface area (Å²) in [5, 5.41) is 91.0. The highest BCUT2D eigenvalue weighted by Gasteiger charge is 2.56. The van der Waals surface area contributed by atoms with Crippen molar-refractivity contribution in [1.82, 2.24) is 5.32 Å². The Labute approximate surface area is 181 Å². The van der Waals surface area contributed by atoms with Crippen LogP contribution in [0.2, 0.25) is 0 Å². The standard InChI is InChI=1S/C17H29NO14/c1-5(20)18-9-13(26)12(25)8(31-15(9)27)4-30-17(16(28)29)2-6(21)10(23)14(32-17)11(24)7(22)3-19/h6-15,19,21-27H,2-4H2,1H3,(H,18,20)(H,28,29)/t6-,7+,8+,9+,10+,11+,12-,13+,14+,15-,17+/m0/s1. The van der Waals surface area contributed by atoms with E-state index in [-0.39, 0.29) is 0 Å². The second kappa shape index (κ2) is 10.6. The first-order chi connectivity index (χ1) is 14.8. The summed E-state index contributed by atoms with van der Waals surface area (Å²) in [6.45, 7) is -0.670. The van der Waals surface area contributed by atoms with E-state index in [0.29, 0.717) is 0 Å². The summed E-state index contributed by atoms with van der Waals surface area (Å²) in [5.74, 6) is -5.13. The monoisotopic (exact) mass is 471 g/mol. The van der Waals surface area contributed by atoms with E-state index in [9.17, 15) is 50.4 Å². The molecule has 0 saturated carbocycles. The third-order valence-electron chi connectivity index (χ3n) is 5.35. The number of amides is 1. The Morgan fingerprint density at radius 1 is 1.12 bits per heavy atom. The maximum atomic E-state index is 11.9. The molecule has 0 aromatic carbocycles. The van der Waals surface area contributed by atoms with Gasteiger partial charge in [-0.2, -0.15) is 0 Å². The minimum absolute atomic E-state index is 0.624. The minimum Gasteiger partial charge on any atom is -0.477 e. The average Bonchev–Trinajstić information content (AvgIpc) is 2.73. The lowest BCUT2D eigenvalue weighted by atomic mass is 9.90. The number of carboxylic acids is 1. The number of rotatable bonds is 8. The molecule has 186 valence electrons. The zero-order valence-electron chi connectivity index (χ0n) is 17.0. The van der Waals surface area contributed by atoms with Gasteiger partial charge in [-0.15, -0.1) is 0 Å². The average molecular weight is 471 g/mol. The fraction of sp³-hybridized carbons (Fsp3) is 0.882. The fourth-order valence-corrected chi connectivity index (χ4v) is 3.54. The number of carbonyl (C=O) groups excluding carboxylic acids is 1. The zero-order valence-corrected chi connectivity index (χ0v) is 17.0. The predicted octanol–water partition coefficient (Wildman–Crippen LogP) is -6.05. The fourth-order valence-electron chi connectivity index (χ4n) is 3.54. The normalized spacial score (nSPS) is 42.2. The summed E-state index contributed by atoms with van der Waals surface area (Å²) in [6.07, 6.45) is -17.0. The quantitative estimate of drug-likeness (QED) is 0.158. The first-order valence-electron chi connectivity index (χ1n) is 9.69. The van der Waals surface area contributed by atoms with Crippen molar-refractivity contribution in [3.05, 3.63) is 0 Å². The molecule has 0 bridgehead atoms. The van der Waals surface area contributed by atoms with Crippen molar-refractivity contribution in [1.29, 1.82) is 0 Å². The van der Waals surface area contributed by atoms with Gasteiger partial charge in [0, 0.05) is 13.3 Å². The topological polar surface area (TPSA) is 256 Å². The lowest BCUT2D eigenvalue weighted by molar-refractivity contribution is -0.340. The van der Waals surface area contributed by atoms with Gasteiger partial charge >= 0.3 is 5.97 Å². The highest BCUT2D eigenvalue weighted by molar-refractivity contribution is 5.76. The van der Waals surface area contributed by atoms with Crippen LogP contribution in [0.5, 0.6) is 0 Å². The summed E-state index contributed by atoms with van der Waals surface area (Å²) in [5.41, 5.74) is 0. The molecule has 2 aliphatic heterocycles. The van der Waals surface area contributed by atoms with Gasteiger partial charge in [0.25, 0.3) is 5.79 Å². The van der Waals surface area contributed by atoms with E-state index in [2.05, 4.69) is 5.32 Å². The molecule has 15 nitrogen and oxygen atoms in total. The third-order valence-corrected chi connectivity index (χ3v) is 5.35. The molecule has 2 heterocycles. The molecule has 0 aliphatic carbocycles. The summed E-state index contributed by atoms with van der Waals surface area (Å²) in [6, 6.07) is -1.38. The number of aliphatic hydroxyl groups is 8. The summed E-state index contributed by atoms with van der Waals surface area (Å²) >= 11 is 0. The molecule has 0 radical (unpaired) electrons. The smallest absolute Gasteiger partial charge is 0.364 e. The van der Waals surface area contributed by atoms with E-state index in [1.54, 1.807) is 0 Å². The van der Waals surface area contributed by atoms with Crippen molar-refractivity contribution in [3.8, 4) is 0 Å². The maximum Gasteiger partial charge on any atom is 0.364 e. The number of carboxylic acid groups (broad SMARTS) is 1. The minimum atomic E-state index is -2.70. The second-order valence-corrected chi connectivity index (χ2v) is 7.73. The molecular formula is C17H29NO14. The van der Waals surface area contributed by atoms with Crippen LogP contribution in [0.15, 0.2) is 0 Å². The Morgan fingerprint density at radius 3 is 2.28 bits per heavy atom. The molecule has 0 spiro atoms. The van der Waals surface area contributed by atoms with Crippen molar-refractivity contribution in [2.45, 2.75) is 80.3 Å². The molecule has 32 heavy (non-hydrogen) atoms. The summed E-state index contributed by atoms with van der Waals surface area (Å²) < 4.78 is 15.5. The van der Waals surface area contributed by atoms with Crippen LogP contribution in [0.4, 0.5) is 0 Å². The second-order valence-electron chi connectivity index (χ2n) is 7.73. The van der Waals surface area contributed by atoms with Crippen molar-refractivity contribution >= 4 is 11.9 Å². The summed E-state index contributed by atoms with van der Waals surface area (Å²) in [7, 11) is 0. The predicted molar refractivity (Wildman–Crippen MR) is 97.4 cm³/mol. The number of nitrogens with one attached hydrogen (secondary N) is 1. The maximum absolute atomic E-state index is 11.9. The van der Waals surface area contributed by atoms with Crippen LogP contribution in [0.25, 0.3) is 0 Å². The van der Waals surface area contributed by atoms with E-state index in [1.165, 1.54) is 0 Å². The van der Waals surface area contributed by atoms with E-state index >= 15 is 0 Å². The molecule has 2 fully saturated rings. The molecule has 2 saturated heterocycles. The van der Waals surface area contributed by atoms with Gasteiger partial charge in [-0.05, 0) is 0 Å². The molecule has 0 aromatic rings. The number of ether oxygens (including phenoxy) is 3. The van der Waals surface area contributed by atoms with Gasteiger partial charge in [0.1, 0.15) is 48.8 Å². The first kappa shape index (κ1) is 26.7. The van der Waals surface area contributed by atoms with Gasteiger partial charge in [-0.3, -0.25) is 4.79 Å². The van der Waals surface area contributed by atoms with E-state index in [4.69, 9.17) is 19.3 Å². The largest absolute Gasteiger partial charge is 0.477 e. The van der Waals surface area contributed by atoms with Crippen molar-refractivity contribution in [2.75, 3.05) is 13.2 Å². The molecule has 2 rings (SSSR count). The molecule has 0 unspecified atom stereocenters.